The molecule has 3 heterocycles. The van der Waals surface area contributed by atoms with Crippen LogP contribution in [0.1, 0.15) is 23.7 Å². The Morgan fingerprint density at radius 2 is 2.08 bits per heavy atom. The van der Waals surface area contributed by atoms with Crippen LogP contribution in [-0.2, 0) is 16.8 Å². The van der Waals surface area contributed by atoms with E-state index in [-0.39, 0.29) is 11.9 Å². The minimum atomic E-state index is -0.932. The first-order valence-corrected chi connectivity index (χ1v) is 9.36. The number of carbonyl (C=O) groups is 1. The van der Waals surface area contributed by atoms with Gasteiger partial charge in [-0.1, -0.05) is 27.5 Å². The third-order valence-corrected chi connectivity index (χ3v) is 5.92. The van der Waals surface area contributed by atoms with Gasteiger partial charge in [-0.2, -0.15) is 0 Å². The van der Waals surface area contributed by atoms with E-state index in [1.807, 2.05) is 24.3 Å². The van der Waals surface area contributed by atoms with E-state index in [1.165, 1.54) is 5.56 Å². The second kappa shape index (κ2) is 5.10. The van der Waals surface area contributed by atoms with E-state index in [1.54, 1.807) is 6.07 Å². The van der Waals surface area contributed by atoms with Gasteiger partial charge in [0, 0.05) is 37.7 Å². The summed E-state index contributed by atoms with van der Waals surface area (Å²) in [4.78, 5) is 16.6. The predicted octanol–water partition coefficient (Wildman–Crippen LogP) is 4.31. The first kappa shape index (κ1) is 15.4. The quantitative estimate of drug-likeness (QED) is 0.511. The number of amides is 1. The third-order valence-electron chi connectivity index (χ3n) is 5.19. The number of aromatic nitrogens is 1. The van der Waals surface area contributed by atoms with E-state index in [2.05, 4.69) is 44.5 Å². The molecule has 6 heteroatoms. The Bertz CT molecular complexity index is 1060. The Hall–Kier alpha value is -1.82. The Morgan fingerprint density at radius 1 is 1.24 bits per heavy atom. The van der Waals surface area contributed by atoms with Crippen LogP contribution < -0.4 is 10.6 Å². The van der Waals surface area contributed by atoms with E-state index < -0.39 is 5.54 Å². The van der Waals surface area contributed by atoms with Crippen molar-refractivity contribution in [3.8, 4) is 0 Å². The highest BCUT2D eigenvalue weighted by Gasteiger charge is 2.53. The number of H-pyrrole nitrogens is 1. The average molecular weight is 417 g/mol. The Kier molecular flexibility index (Phi) is 3.15. The number of benzene rings is 2. The van der Waals surface area contributed by atoms with Crippen molar-refractivity contribution in [2.45, 2.75) is 24.9 Å². The Morgan fingerprint density at radius 3 is 2.92 bits per heavy atom. The molecule has 3 N–H and O–H groups in total. The summed E-state index contributed by atoms with van der Waals surface area (Å²) in [6.07, 6.45) is 0.858. The summed E-state index contributed by atoms with van der Waals surface area (Å²) in [6.45, 7) is 2.11. The van der Waals surface area contributed by atoms with Crippen LogP contribution in [0.2, 0.25) is 5.02 Å². The number of aromatic amines is 1. The summed E-state index contributed by atoms with van der Waals surface area (Å²) in [5.74, 6) is -0.0665. The molecule has 0 saturated heterocycles. The lowest BCUT2D eigenvalue weighted by atomic mass is 9.80. The van der Waals surface area contributed by atoms with Crippen LogP contribution in [-0.4, -0.2) is 16.9 Å². The van der Waals surface area contributed by atoms with Crippen molar-refractivity contribution in [2.75, 3.05) is 5.32 Å². The van der Waals surface area contributed by atoms with Crippen molar-refractivity contribution in [1.82, 2.24) is 10.3 Å². The van der Waals surface area contributed by atoms with Gasteiger partial charge in [0.25, 0.3) is 5.91 Å². The molecule has 1 spiro atoms. The molecule has 0 aliphatic carbocycles. The standard InChI is InChI=1S/C19H15BrClN3O/c1-9-6-13-12-7-10(20)2-4-15(12)22-17(13)19(24-9)14-8-11(21)3-5-16(14)23-18(19)25/h2-5,7-9,22,24H,6H2,1H3,(H,23,25). The van der Waals surface area contributed by atoms with Crippen LogP contribution in [0.25, 0.3) is 10.9 Å². The second-order valence-electron chi connectivity index (χ2n) is 6.81. The van der Waals surface area contributed by atoms with Gasteiger partial charge >= 0.3 is 0 Å². The molecular weight excluding hydrogens is 402 g/mol. The van der Waals surface area contributed by atoms with Gasteiger partial charge in [-0.25, -0.2) is 0 Å². The third kappa shape index (κ3) is 2.00. The highest BCUT2D eigenvalue weighted by atomic mass is 79.9. The molecule has 2 aliphatic rings. The van der Waals surface area contributed by atoms with Gasteiger partial charge in [0.1, 0.15) is 0 Å². The molecule has 2 aromatic carbocycles. The number of hydrogen-bond donors (Lipinski definition) is 3. The highest BCUT2D eigenvalue weighted by Crippen LogP contribution is 2.47. The Balaban J connectivity index is 1.87. The number of nitrogens with one attached hydrogen (secondary N) is 3. The van der Waals surface area contributed by atoms with Gasteiger partial charge in [0.15, 0.2) is 5.54 Å². The molecule has 2 aliphatic heterocycles. The van der Waals surface area contributed by atoms with Crippen molar-refractivity contribution >= 4 is 50.0 Å². The van der Waals surface area contributed by atoms with E-state index in [0.29, 0.717) is 5.02 Å². The zero-order valence-electron chi connectivity index (χ0n) is 13.4. The zero-order chi connectivity index (χ0) is 17.3. The van der Waals surface area contributed by atoms with Crippen LogP contribution in [0.3, 0.4) is 0 Å². The monoisotopic (exact) mass is 415 g/mol. The summed E-state index contributed by atoms with van der Waals surface area (Å²) in [7, 11) is 0. The summed E-state index contributed by atoms with van der Waals surface area (Å²) in [5.41, 5.74) is 3.89. The second-order valence-corrected chi connectivity index (χ2v) is 8.16. The summed E-state index contributed by atoms with van der Waals surface area (Å²) >= 11 is 9.81. The average Bonchev–Trinajstić information content (AvgIpc) is 3.05. The Labute approximate surface area is 158 Å². The minimum Gasteiger partial charge on any atom is -0.356 e. The molecule has 25 heavy (non-hydrogen) atoms. The van der Waals surface area contributed by atoms with E-state index in [9.17, 15) is 4.79 Å². The maximum atomic E-state index is 13.1. The molecule has 126 valence electrons. The molecule has 5 rings (SSSR count). The predicted molar refractivity (Wildman–Crippen MR) is 103 cm³/mol. The van der Waals surface area contributed by atoms with E-state index >= 15 is 0 Å². The molecule has 3 aromatic rings. The molecule has 0 bridgehead atoms. The minimum absolute atomic E-state index is 0.0665. The maximum absolute atomic E-state index is 13.1. The topological polar surface area (TPSA) is 56.9 Å². The molecule has 4 nitrogen and oxygen atoms in total. The zero-order valence-corrected chi connectivity index (χ0v) is 15.8. The first-order chi connectivity index (χ1) is 12.0. The van der Waals surface area contributed by atoms with E-state index in [4.69, 9.17) is 11.6 Å². The maximum Gasteiger partial charge on any atom is 0.255 e. The lowest BCUT2D eigenvalue weighted by Crippen LogP contribution is -2.56. The number of rotatable bonds is 0. The fraction of sp³-hybridized carbons (Fsp3) is 0.211. The molecular formula is C19H15BrClN3O. The van der Waals surface area contributed by atoms with Crippen LogP contribution in [0.5, 0.6) is 0 Å². The summed E-state index contributed by atoms with van der Waals surface area (Å²) in [6, 6.07) is 11.9. The molecule has 2 atom stereocenters. The van der Waals surface area contributed by atoms with E-state index in [0.717, 1.165) is 38.7 Å². The molecule has 0 saturated carbocycles. The van der Waals surface area contributed by atoms with Gasteiger partial charge in [-0.15, -0.1) is 0 Å². The largest absolute Gasteiger partial charge is 0.356 e. The summed E-state index contributed by atoms with van der Waals surface area (Å²) < 4.78 is 1.03. The molecule has 0 fully saturated rings. The lowest BCUT2D eigenvalue weighted by Gasteiger charge is -2.37. The van der Waals surface area contributed by atoms with Gasteiger partial charge in [-0.05, 0) is 55.3 Å². The number of halogens is 2. The normalized spacial score (nSPS) is 24.4. The van der Waals surface area contributed by atoms with Crippen molar-refractivity contribution in [1.29, 1.82) is 0 Å². The van der Waals surface area contributed by atoms with Crippen molar-refractivity contribution < 1.29 is 4.79 Å². The van der Waals surface area contributed by atoms with Crippen molar-refractivity contribution in [3.63, 3.8) is 0 Å². The molecule has 2 unspecified atom stereocenters. The van der Waals surface area contributed by atoms with Gasteiger partial charge < -0.3 is 10.3 Å². The molecule has 1 aromatic heterocycles. The first-order valence-electron chi connectivity index (χ1n) is 8.19. The highest BCUT2D eigenvalue weighted by molar-refractivity contribution is 9.10. The number of anilines is 1. The number of carbonyl (C=O) groups excluding carboxylic acids is 1. The van der Waals surface area contributed by atoms with Gasteiger partial charge in [-0.3, -0.25) is 10.1 Å². The number of hydrogen-bond acceptors (Lipinski definition) is 2. The summed E-state index contributed by atoms with van der Waals surface area (Å²) in [5, 5.41) is 8.33. The van der Waals surface area contributed by atoms with Crippen molar-refractivity contribution in [2.24, 2.45) is 0 Å². The number of fused-ring (bicyclic) bond motifs is 6. The smallest absolute Gasteiger partial charge is 0.255 e. The van der Waals surface area contributed by atoms with Crippen LogP contribution in [0.15, 0.2) is 40.9 Å². The fourth-order valence-corrected chi connectivity index (χ4v) is 4.75. The molecule has 0 radical (unpaired) electrons. The van der Waals surface area contributed by atoms with Crippen molar-refractivity contribution in [3.05, 3.63) is 62.7 Å². The fourth-order valence-electron chi connectivity index (χ4n) is 4.22. The van der Waals surface area contributed by atoms with Crippen LogP contribution >= 0.6 is 27.5 Å². The SMILES string of the molecule is CC1Cc2c([nH]c3ccc(Br)cc23)C2(N1)C(=O)Nc1ccc(Cl)cc12. The van der Waals surface area contributed by atoms with Crippen LogP contribution in [0.4, 0.5) is 5.69 Å². The van der Waals surface area contributed by atoms with Crippen LogP contribution in [0, 0.1) is 0 Å². The molecule has 1 amide bonds. The van der Waals surface area contributed by atoms with Gasteiger partial charge in [0.2, 0.25) is 0 Å². The lowest BCUT2D eigenvalue weighted by molar-refractivity contribution is -0.121. The van der Waals surface area contributed by atoms with Gasteiger partial charge in [0.05, 0.1) is 5.69 Å².